The van der Waals surface area contributed by atoms with Gasteiger partial charge in [0.1, 0.15) is 0 Å². The summed E-state index contributed by atoms with van der Waals surface area (Å²) in [5.41, 5.74) is 13.3. The van der Waals surface area contributed by atoms with Crippen LogP contribution in [0.3, 0.4) is 0 Å². The first-order valence-electron chi connectivity index (χ1n) is 2.93. The molecule has 0 aromatic heterocycles. The number of hydrazine groups is 2. The highest BCUT2D eigenvalue weighted by atomic mass is 16.3. The van der Waals surface area contributed by atoms with Crippen molar-refractivity contribution in [3.05, 3.63) is 0 Å². The second kappa shape index (κ2) is 7.80. The van der Waals surface area contributed by atoms with E-state index >= 15 is 0 Å². The van der Waals surface area contributed by atoms with E-state index in [0.717, 1.165) is 0 Å². The summed E-state index contributed by atoms with van der Waals surface area (Å²) in [7, 11) is 0. The molecule has 0 heterocycles. The standard InChI is InChI=1S/C4H14N4O/c5-1-2-6-8-7-3-4-9/h6-9H,1-5H2. The Morgan fingerprint density at radius 3 is 2.44 bits per heavy atom. The van der Waals surface area contributed by atoms with Crippen LogP contribution in [-0.2, 0) is 0 Å². The number of hydrogen-bond donors (Lipinski definition) is 5. The molecule has 0 fully saturated rings. The summed E-state index contributed by atoms with van der Waals surface area (Å²) in [6.07, 6.45) is 0. The first-order valence-corrected chi connectivity index (χ1v) is 2.93. The molecule has 0 saturated carbocycles. The molecule has 0 bridgehead atoms. The maximum Gasteiger partial charge on any atom is 0.0570 e. The van der Waals surface area contributed by atoms with E-state index in [1.807, 2.05) is 0 Å². The highest BCUT2D eigenvalue weighted by Gasteiger charge is 1.79. The second-order valence-electron chi connectivity index (χ2n) is 1.49. The minimum absolute atomic E-state index is 0.122. The minimum atomic E-state index is 0.122. The van der Waals surface area contributed by atoms with Crippen LogP contribution < -0.4 is 22.1 Å². The first-order chi connectivity index (χ1) is 4.41. The van der Waals surface area contributed by atoms with Gasteiger partial charge < -0.3 is 10.8 Å². The molecule has 0 saturated heterocycles. The van der Waals surface area contributed by atoms with Crippen LogP contribution in [0.25, 0.3) is 0 Å². The average Bonchev–Trinajstić information content (AvgIpc) is 1.89. The summed E-state index contributed by atoms with van der Waals surface area (Å²) in [6, 6.07) is 0. The number of rotatable bonds is 6. The van der Waals surface area contributed by atoms with Crippen molar-refractivity contribution in [2.75, 3.05) is 26.2 Å². The SMILES string of the molecule is NCCNNNCCO. The minimum Gasteiger partial charge on any atom is -0.395 e. The molecular weight excluding hydrogens is 120 g/mol. The lowest BCUT2D eigenvalue weighted by atomic mass is 10.7. The average molecular weight is 134 g/mol. The van der Waals surface area contributed by atoms with E-state index in [1.165, 1.54) is 0 Å². The van der Waals surface area contributed by atoms with E-state index in [4.69, 9.17) is 10.8 Å². The smallest absolute Gasteiger partial charge is 0.0570 e. The molecule has 0 aromatic carbocycles. The van der Waals surface area contributed by atoms with Gasteiger partial charge in [-0.25, -0.2) is 10.9 Å². The fourth-order valence-electron chi connectivity index (χ4n) is 0.316. The van der Waals surface area contributed by atoms with Gasteiger partial charge >= 0.3 is 0 Å². The maximum atomic E-state index is 8.27. The molecular formula is C4H14N4O. The van der Waals surface area contributed by atoms with Crippen molar-refractivity contribution in [1.82, 2.24) is 16.4 Å². The van der Waals surface area contributed by atoms with Gasteiger partial charge in [0.25, 0.3) is 0 Å². The van der Waals surface area contributed by atoms with Crippen molar-refractivity contribution >= 4 is 0 Å². The molecule has 9 heavy (non-hydrogen) atoms. The zero-order valence-electron chi connectivity index (χ0n) is 5.35. The van der Waals surface area contributed by atoms with Crippen molar-refractivity contribution in [1.29, 1.82) is 0 Å². The van der Waals surface area contributed by atoms with Crippen LogP contribution in [0, 0.1) is 0 Å². The molecule has 0 atom stereocenters. The molecule has 0 spiro atoms. The van der Waals surface area contributed by atoms with Crippen LogP contribution in [0.15, 0.2) is 0 Å². The molecule has 56 valence electrons. The Labute approximate surface area is 54.6 Å². The fraction of sp³-hybridized carbons (Fsp3) is 1.00. The lowest BCUT2D eigenvalue weighted by Gasteiger charge is -2.04. The maximum absolute atomic E-state index is 8.27. The summed E-state index contributed by atoms with van der Waals surface area (Å²) in [4.78, 5) is 0. The van der Waals surface area contributed by atoms with E-state index in [9.17, 15) is 0 Å². The van der Waals surface area contributed by atoms with Gasteiger partial charge in [0.15, 0.2) is 0 Å². The Bertz CT molecular complexity index is 45.8. The van der Waals surface area contributed by atoms with Crippen LogP contribution in [0.2, 0.25) is 0 Å². The molecule has 5 heteroatoms. The summed E-state index contributed by atoms with van der Waals surface area (Å²) in [5.74, 6) is 0. The van der Waals surface area contributed by atoms with Crippen molar-refractivity contribution in [2.45, 2.75) is 0 Å². The van der Waals surface area contributed by atoms with E-state index in [2.05, 4.69) is 16.4 Å². The second-order valence-corrected chi connectivity index (χ2v) is 1.49. The lowest BCUT2D eigenvalue weighted by Crippen LogP contribution is -2.46. The normalized spacial score (nSPS) is 10.0. The van der Waals surface area contributed by atoms with Crippen molar-refractivity contribution < 1.29 is 5.11 Å². The van der Waals surface area contributed by atoms with Gasteiger partial charge in [-0.1, -0.05) is 0 Å². The molecule has 0 aromatic rings. The summed E-state index contributed by atoms with van der Waals surface area (Å²) in [5, 5.41) is 8.27. The van der Waals surface area contributed by atoms with Crippen LogP contribution in [0.1, 0.15) is 0 Å². The molecule has 0 rings (SSSR count). The van der Waals surface area contributed by atoms with E-state index in [-0.39, 0.29) is 6.61 Å². The van der Waals surface area contributed by atoms with Gasteiger partial charge in [-0.15, -0.1) is 0 Å². The zero-order chi connectivity index (χ0) is 6.95. The quantitative estimate of drug-likeness (QED) is 0.205. The largest absolute Gasteiger partial charge is 0.395 e. The van der Waals surface area contributed by atoms with Crippen molar-refractivity contribution in [2.24, 2.45) is 5.73 Å². The van der Waals surface area contributed by atoms with Gasteiger partial charge in [-0.05, 0) is 0 Å². The first kappa shape index (κ1) is 8.80. The highest BCUT2D eigenvalue weighted by Crippen LogP contribution is 1.47. The number of nitrogens with two attached hydrogens (primary N) is 1. The van der Waals surface area contributed by atoms with E-state index in [1.54, 1.807) is 0 Å². The topological polar surface area (TPSA) is 82.3 Å². The van der Waals surface area contributed by atoms with Crippen molar-refractivity contribution in [3.63, 3.8) is 0 Å². The predicted octanol–water partition coefficient (Wildman–Crippen LogP) is -2.46. The highest BCUT2D eigenvalue weighted by molar-refractivity contribution is 4.37. The van der Waals surface area contributed by atoms with Gasteiger partial charge in [0, 0.05) is 19.6 Å². The molecule has 5 nitrogen and oxygen atoms in total. The molecule has 0 radical (unpaired) electrons. The van der Waals surface area contributed by atoms with Gasteiger partial charge in [0.2, 0.25) is 0 Å². The number of aliphatic hydroxyl groups is 1. The Morgan fingerprint density at radius 2 is 1.89 bits per heavy atom. The van der Waals surface area contributed by atoms with Crippen LogP contribution in [-0.4, -0.2) is 31.3 Å². The Kier molecular flexibility index (Phi) is 7.63. The third kappa shape index (κ3) is 7.80. The number of aliphatic hydroxyl groups excluding tert-OH is 1. The predicted molar refractivity (Wildman–Crippen MR) is 35.3 cm³/mol. The molecule has 0 aliphatic rings. The van der Waals surface area contributed by atoms with Crippen LogP contribution >= 0.6 is 0 Å². The summed E-state index contributed by atoms with van der Waals surface area (Å²) >= 11 is 0. The molecule has 0 amide bonds. The van der Waals surface area contributed by atoms with Gasteiger partial charge in [-0.2, -0.15) is 5.53 Å². The van der Waals surface area contributed by atoms with E-state index < -0.39 is 0 Å². The van der Waals surface area contributed by atoms with Crippen LogP contribution in [0.5, 0.6) is 0 Å². The monoisotopic (exact) mass is 134 g/mol. The molecule has 0 aliphatic heterocycles. The fourth-order valence-corrected chi connectivity index (χ4v) is 0.316. The zero-order valence-corrected chi connectivity index (χ0v) is 5.35. The van der Waals surface area contributed by atoms with Gasteiger partial charge in [0.05, 0.1) is 6.61 Å². The van der Waals surface area contributed by atoms with Crippen molar-refractivity contribution in [3.8, 4) is 0 Å². The lowest BCUT2D eigenvalue weighted by molar-refractivity contribution is 0.276. The molecule has 0 unspecified atom stereocenters. The molecule has 6 N–H and O–H groups in total. The third-order valence-electron chi connectivity index (χ3n) is 0.683. The molecule has 0 aliphatic carbocycles. The van der Waals surface area contributed by atoms with E-state index in [0.29, 0.717) is 19.6 Å². The van der Waals surface area contributed by atoms with Gasteiger partial charge in [-0.3, -0.25) is 0 Å². The third-order valence-corrected chi connectivity index (χ3v) is 0.683. The summed E-state index contributed by atoms with van der Waals surface area (Å²) < 4.78 is 0. The Balaban J connectivity index is 2.60. The summed E-state index contributed by atoms with van der Waals surface area (Å²) in [6.45, 7) is 1.95. The Morgan fingerprint density at radius 1 is 1.22 bits per heavy atom. The Hall–Kier alpha value is -0.200. The number of nitrogens with one attached hydrogen (secondary N) is 3. The van der Waals surface area contributed by atoms with Crippen LogP contribution in [0.4, 0.5) is 0 Å². The number of hydrogen-bond acceptors (Lipinski definition) is 5.